The zero-order valence-corrected chi connectivity index (χ0v) is 13.0. The van der Waals surface area contributed by atoms with E-state index in [9.17, 15) is 9.18 Å². The van der Waals surface area contributed by atoms with E-state index in [0.717, 1.165) is 32.6 Å². The number of hydrogen-bond acceptors (Lipinski definition) is 3. The summed E-state index contributed by atoms with van der Waals surface area (Å²) in [6.07, 6.45) is 2.12. The summed E-state index contributed by atoms with van der Waals surface area (Å²) in [4.78, 5) is 16.5. The third-order valence-corrected chi connectivity index (χ3v) is 4.75. The van der Waals surface area contributed by atoms with E-state index >= 15 is 0 Å². The number of carbonyl (C=O) groups is 1. The molecule has 1 amide bonds. The van der Waals surface area contributed by atoms with E-state index in [1.54, 1.807) is 23.1 Å². The molecular formula is C17H23FN2O2. The Labute approximate surface area is 130 Å². The Morgan fingerprint density at radius 1 is 1.27 bits per heavy atom. The minimum atomic E-state index is -0.437. The quantitative estimate of drug-likeness (QED) is 0.854. The second kappa shape index (κ2) is 6.75. The van der Waals surface area contributed by atoms with Gasteiger partial charge in [-0.25, -0.2) is 4.39 Å². The second-order valence-electron chi connectivity index (χ2n) is 6.02. The topological polar surface area (TPSA) is 32.8 Å². The molecular weight excluding hydrogens is 283 g/mol. The number of nitrogens with zero attached hydrogens (tertiary/aromatic N) is 2. The Morgan fingerprint density at radius 3 is 2.59 bits per heavy atom. The largest absolute Gasteiger partial charge is 0.381 e. The highest BCUT2D eigenvalue weighted by atomic mass is 19.1. The lowest BCUT2D eigenvalue weighted by atomic mass is 9.99. The van der Waals surface area contributed by atoms with Crippen molar-refractivity contribution in [3.8, 4) is 0 Å². The molecule has 0 aliphatic carbocycles. The number of benzene rings is 1. The number of rotatable bonds is 4. The van der Waals surface area contributed by atoms with E-state index < -0.39 is 5.82 Å². The van der Waals surface area contributed by atoms with Crippen LogP contribution in [0.1, 0.15) is 30.1 Å². The smallest absolute Gasteiger partial charge is 0.256 e. The maximum absolute atomic E-state index is 13.7. The van der Waals surface area contributed by atoms with Gasteiger partial charge in [-0.05, 0) is 31.5 Å². The van der Waals surface area contributed by atoms with E-state index in [4.69, 9.17) is 4.74 Å². The molecule has 22 heavy (non-hydrogen) atoms. The van der Waals surface area contributed by atoms with E-state index in [1.807, 2.05) is 0 Å². The number of likely N-dealkylation sites (N-methyl/N-ethyl adjacent to an activating group) is 1. The first-order valence-electron chi connectivity index (χ1n) is 8.08. The van der Waals surface area contributed by atoms with Crippen molar-refractivity contribution in [3.63, 3.8) is 0 Å². The van der Waals surface area contributed by atoms with Gasteiger partial charge in [0.05, 0.1) is 5.56 Å². The molecule has 5 heteroatoms. The van der Waals surface area contributed by atoms with Gasteiger partial charge in [-0.1, -0.05) is 19.1 Å². The summed E-state index contributed by atoms with van der Waals surface area (Å²) in [6.45, 7) is 6.18. The lowest BCUT2D eigenvalue weighted by Gasteiger charge is -2.48. The Balaban J connectivity index is 1.58. The molecule has 0 radical (unpaired) electrons. The number of amides is 1. The molecule has 2 aliphatic rings. The second-order valence-corrected chi connectivity index (χ2v) is 6.02. The van der Waals surface area contributed by atoms with Gasteiger partial charge in [0.2, 0.25) is 0 Å². The number of likely N-dealkylation sites (tertiary alicyclic amines) is 1. The Kier molecular flexibility index (Phi) is 4.74. The summed E-state index contributed by atoms with van der Waals surface area (Å²) in [5, 5.41) is 0. The average molecular weight is 306 g/mol. The average Bonchev–Trinajstić information content (AvgIpc) is 2.51. The van der Waals surface area contributed by atoms with Crippen LogP contribution in [0.5, 0.6) is 0 Å². The molecule has 2 fully saturated rings. The van der Waals surface area contributed by atoms with E-state index in [1.165, 1.54) is 6.07 Å². The summed E-state index contributed by atoms with van der Waals surface area (Å²) in [6, 6.07) is 7.15. The van der Waals surface area contributed by atoms with Crippen LogP contribution in [-0.2, 0) is 4.74 Å². The minimum absolute atomic E-state index is 0.176. The van der Waals surface area contributed by atoms with Crippen molar-refractivity contribution in [1.29, 1.82) is 0 Å². The van der Waals surface area contributed by atoms with Crippen LogP contribution in [0, 0.1) is 5.82 Å². The van der Waals surface area contributed by atoms with Gasteiger partial charge in [0.25, 0.3) is 5.91 Å². The summed E-state index contributed by atoms with van der Waals surface area (Å²) in [5.74, 6) is -0.634. The first-order valence-corrected chi connectivity index (χ1v) is 8.08. The van der Waals surface area contributed by atoms with Crippen molar-refractivity contribution >= 4 is 5.91 Å². The number of hydrogen-bond donors (Lipinski definition) is 0. The number of carbonyl (C=O) groups excluding carboxylic acids is 1. The molecule has 2 saturated heterocycles. The molecule has 2 heterocycles. The van der Waals surface area contributed by atoms with Crippen molar-refractivity contribution in [2.75, 3.05) is 32.8 Å². The Morgan fingerprint density at radius 2 is 1.95 bits per heavy atom. The molecule has 0 saturated carbocycles. The van der Waals surface area contributed by atoms with Gasteiger partial charge >= 0.3 is 0 Å². The fourth-order valence-corrected chi connectivity index (χ4v) is 3.47. The molecule has 2 aliphatic heterocycles. The zero-order chi connectivity index (χ0) is 15.5. The highest BCUT2D eigenvalue weighted by Gasteiger charge is 2.38. The van der Waals surface area contributed by atoms with Crippen molar-refractivity contribution in [1.82, 2.24) is 9.80 Å². The van der Waals surface area contributed by atoms with Crippen LogP contribution in [0.2, 0.25) is 0 Å². The first kappa shape index (κ1) is 15.4. The first-order chi connectivity index (χ1) is 10.7. The molecule has 0 unspecified atom stereocenters. The standard InChI is InChI=1S/C17H23FN2O2/c1-2-20(13-7-9-22-10-8-13)14-11-19(12-14)17(21)15-5-3-4-6-16(15)18/h3-6,13-14H,2,7-12H2,1H3. The van der Waals surface area contributed by atoms with Crippen molar-refractivity contribution in [2.45, 2.75) is 31.8 Å². The lowest BCUT2D eigenvalue weighted by molar-refractivity contribution is -0.0223. The lowest BCUT2D eigenvalue weighted by Crippen LogP contribution is -2.63. The van der Waals surface area contributed by atoms with Gasteiger partial charge in [-0.2, -0.15) is 0 Å². The summed E-state index contributed by atoms with van der Waals surface area (Å²) in [7, 11) is 0. The van der Waals surface area contributed by atoms with Crippen molar-refractivity contribution < 1.29 is 13.9 Å². The third-order valence-electron chi connectivity index (χ3n) is 4.75. The summed E-state index contributed by atoms with van der Waals surface area (Å²) >= 11 is 0. The normalized spacial score (nSPS) is 20.2. The Bertz CT molecular complexity index is 525. The van der Waals surface area contributed by atoms with Gasteiger partial charge in [-0.15, -0.1) is 0 Å². The monoisotopic (exact) mass is 306 g/mol. The highest BCUT2D eigenvalue weighted by molar-refractivity contribution is 5.95. The molecule has 120 valence electrons. The minimum Gasteiger partial charge on any atom is -0.381 e. The van der Waals surface area contributed by atoms with Crippen LogP contribution < -0.4 is 0 Å². The van der Waals surface area contributed by atoms with Crippen LogP contribution in [-0.4, -0.2) is 60.6 Å². The van der Waals surface area contributed by atoms with Crippen molar-refractivity contribution in [2.24, 2.45) is 0 Å². The van der Waals surface area contributed by atoms with Gasteiger partial charge in [-0.3, -0.25) is 9.69 Å². The van der Waals surface area contributed by atoms with E-state index in [0.29, 0.717) is 25.2 Å². The Hall–Kier alpha value is -1.46. The molecule has 1 aromatic rings. The number of ether oxygens (including phenoxy) is 1. The van der Waals surface area contributed by atoms with E-state index in [2.05, 4.69) is 11.8 Å². The van der Waals surface area contributed by atoms with Crippen molar-refractivity contribution in [3.05, 3.63) is 35.6 Å². The van der Waals surface area contributed by atoms with Crippen LogP contribution in [0.25, 0.3) is 0 Å². The predicted octanol–water partition coefficient (Wildman–Crippen LogP) is 2.15. The fourth-order valence-electron chi connectivity index (χ4n) is 3.47. The van der Waals surface area contributed by atoms with E-state index in [-0.39, 0.29) is 11.5 Å². The van der Waals surface area contributed by atoms with Crippen LogP contribution >= 0.6 is 0 Å². The van der Waals surface area contributed by atoms with Crippen LogP contribution in [0.15, 0.2) is 24.3 Å². The molecule has 3 rings (SSSR count). The SMILES string of the molecule is CCN(C1CCOCC1)C1CN(C(=O)c2ccccc2F)C1. The molecule has 0 aromatic heterocycles. The third kappa shape index (κ3) is 3.01. The fraction of sp³-hybridized carbons (Fsp3) is 0.588. The molecule has 0 bridgehead atoms. The number of halogens is 1. The van der Waals surface area contributed by atoms with Gasteiger partial charge in [0.1, 0.15) is 5.82 Å². The molecule has 0 atom stereocenters. The molecule has 0 spiro atoms. The molecule has 1 aromatic carbocycles. The molecule has 4 nitrogen and oxygen atoms in total. The highest BCUT2D eigenvalue weighted by Crippen LogP contribution is 2.24. The van der Waals surface area contributed by atoms with Crippen LogP contribution in [0.3, 0.4) is 0 Å². The summed E-state index contributed by atoms with van der Waals surface area (Å²) in [5.41, 5.74) is 0.176. The molecule has 0 N–H and O–H groups in total. The summed E-state index contributed by atoms with van der Waals surface area (Å²) < 4.78 is 19.1. The van der Waals surface area contributed by atoms with Gasteiger partial charge in [0, 0.05) is 38.4 Å². The van der Waals surface area contributed by atoms with Crippen LogP contribution in [0.4, 0.5) is 4.39 Å². The van der Waals surface area contributed by atoms with Gasteiger partial charge in [0.15, 0.2) is 0 Å². The zero-order valence-electron chi connectivity index (χ0n) is 13.0. The van der Waals surface area contributed by atoms with Gasteiger partial charge < -0.3 is 9.64 Å². The predicted molar refractivity (Wildman–Crippen MR) is 82.3 cm³/mol. The maximum atomic E-state index is 13.7. The maximum Gasteiger partial charge on any atom is 0.256 e.